The number of aryl methyl sites for hydroxylation is 1. The number of halogens is 1. The summed E-state index contributed by atoms with van der Waals surface area (Å²) in [5, 5.41) is 22.5. The number of hydrogen-bond donors (Lipinski definition) is 2. The molecule has 7 heteroatoms. The first-order valence-corrected chi connectivity index (χ1v) is 5.93. The first kappa shape index (κ1) is 14.4. The molecule has 21 heavy (non-hydrogen) atoms. The molecule has 108 valence electrons. The Bertz CT molecular complexity index is 731. The summed E-state index contributed by atoms with van der Waals surface area (Å²) in [4.78, 5) is 21.2. The molecule has 2 rings (SSSR count). The van der Waals surface area contributed by atoms with Gasteiger partial charge in [0.25, 0.3) is 5.69 Å². The Balaban J connectivity index is 2.50. The van der Waals surface area contributed by atoms with E-state index in [0.29, 0.717) is 0 Å². The summed E-state index contributed by atoms with van der Waals surface area (Å²) < 4.78 is 13.7. The lowest BCUT2D eigenvalue weighted by atomic mass is 10.1. The van der Waals surface area contributed by atoms with Crippen LogP contribution in [0.15, 0.2) is 36.4 Å². The van der Waals surface area contributed by atoms with Crippen LogP contribution in [0.2, 0.25) is 0 Å². The van der Waals surface area contributed by atoms with Crippen molar-refractivity contribution in [1.29, 1.82) is 0 Å². The summed E-state index contributed by atoms with van der Waals surface area (Å²) in [6, 6.07) is 7.56. The van der Waals surface area contributed by atoms with Crippen LogP contribution in [-0.2, 0) is 0 Å². The lowest BCUT2D eigenvalue weighted by Gasteiger charge is -2.09. The van der Waals surface area contributed by atoms with Gasteiger partial charge in [-0.25, -0.2) is 9.18 Å². The summed E-state index contributed by atoms with van der Waals surface area (Å²) in [5.74, 6) is -1.81. The van der Waals surface area contributed by atoms with Gasteiger partial charge in [0.05, 0.1) is 16.2 Å². The number of carboxylic acid groups (broad SMARTS) is 1. The standard InChI is InChI=1S/C14H11FN2O4/c1-8-2-4-10(15)11(6-8)16-12-7-9(14(18)19)3-5-13(12)17(20)21/h2-7,16H,1H3,(H,18,19). The van der Waals surface area contributed by atoms with Crippen LogP contribution < -0.4 is 5.32 Å². The quantitative estimate of drug-likeness (QED) is 0.664. The number of rotatable bonds is 4. The predicted octanol–water partition coefficient (Wildman–Crippen LogP) is 3.48. The molecule has 0 aromatic heterocycles. The van der Waals surface area contributed by atoms with Crippen molar-refractivity contribution in [3.05, 3.63) is 63.5 Å². The maximum absolute atomic E-state index is 13.7. The van der Waals surface area contributed by atoms with Gasteiger partial charge in [0.1, 0.15) is 11.5 Å². The highest BCUT2D eigenvalue weighted by atomic mass is 19.1. The molecule has 0 aliphatic rings. The fourth-order valence-electron chi connectivity index (χ4n) is 1.81. The van der Waals surface area contributed by atoms with Gasteiger partial charge < -0.3 is 10.4 Å². The highest BCUT2D eigenvalue weighted by Gasteiger charge is 2.17. The Labute approximate surface area is 119 Å². The van der Waals surface area contributed by atoms with E-state index in [4.69, 9.17) is 5.11 Å². The maximum Gasteiger partial charge on any atom is 0.335 e. The zero-order chi connectivity index (χ0) is 15.6. The van der Waals surface area contributed by atoms with E-state index in [1.165, 1.54) is 12.1 Å². The monoisotopic (exact) mass is 290 g/mol. The van der Waals surface area contributed by atoms with Crippen molar-refractivity contribution in [1.82, 2.24) is 0 Å². The molecule has 0 saturated carbocycles. The number of nitro groups is 1. The van der Waals surface area contributed by atoms with Crippen molar-refractivity contribution in [2.75, 3.05) is 5.32 Å². The third kappa shape index (κ3) is 3.14. The van der Waals surface area contributed by atoms with Gasteiger partial charge in [0, 0.05) is 6.07 Å². The first-order chi connectivity index (χ1) is 9.88. The van der Waals surface area contributed by atoms with E-state index in [1.54, 1.807) is 13.0 Å². The van der Waals surface area contributed by atoms with Crippen molar-refractivity contribution < 1.29 is 19.2 Å². The molecule has 2 N–H and O–H groups in total. The molecule has 0 heterocycles. The highest BCUT2D eigenvalue weighted by Crippen LogP contribution is 2.30. The van der Waals surface area contributed by atoms with Crippen LogP contribution in [0, 0.1) is 22.9 Å². The van der Waals surface area contributed by atoms with Crippen molar-refractivity contribution in [3.63, 3.8) is 0 Å². The highest BCUT2D eigenvalue weighted by molar-refractivity contribution is 5.90. The van der Waals surface area contributed by atoms with E-state index in [1.807, 2.05) is 0 Å². The van der Waals surface area contributed by atoms with Crippen LogP contribution in [0.25, 0.3) is 0 Å². The van der Waals surface area contributed by atoms with E-state index >= 15 is 0 Å². The minimum absolute atomic E-state index is 0.0423. The third-order valence-electron chi connectivity index (χ3n) is 2.83. The van der Waals surface area contributed by atoms with Gasteiger partial charge in [-0.1, -0.05) is 6.07 Å². The number of carboxylic acids is 1. The SMILES string of the molecule is Cc1ccc(F)c(Nc2cc(C(=O)O)ccc2[N+](=O)[O-])c1. The van der Waals surface area contributed by atoms with E-state index < -0.39 is 16.7 Å². The molecule has 0 unspecified atom stereocenters. The second kappa shape index (κ2) is 5.58. The molecule has 0 fully saturated rings. The Morgan fingerprint density at radius 2 is 1.95 bits per heavy atom. The number of benzene rings is 2. The smallest absolute Gasteiger partial charge is 0.335 e. The Kier molecular flexibility index (Phi) is 3.84. The molecule has 6 nitrogen and oxygen atoms in total. The van der Waals surface area contributed by atoms with E-state index in [0.717, 1.165) is 23.8 Å². The number of aromatic carboxylic acids is 1. The fraction of sp³-hybridized carbons (Fsp3) is 0.0714. The van der Waals surface area contributed by atoms with Crippen LogP contribution in [-0.4, -0.2) is 16.0 Å². The second-order valence-electron chi connectivity index (χ2n) is 4.40. The maximum atomic E-state index is 13.7. The number of nitrogens with zero attached hydrogens (tertiary/aromatic N) is 1. The summed E-state index contributed by atoms with van der Waals surface area (Å²) in [5.41, 5.74) is 0.262. The molecule has 0 spiro atoms. The van der Waals surface area contributed by atoms with Gasteiger partial charge >= 0.3 is 5.97 Å². The average Bonchev–Trinajstić information content (AvgIpc) is 2.42. The minimum Gasteiger partial charge on any atom is -0.478 e. The molecular weight excluding hydrogens is 279 g/mol. The van der Waals surface area contributed by atoms with Gasteiger partial charge in [0.15, 0.2) is 0 Å². The number of hydrogen-bond acceptors (Lipinski definition) is 4. The zero-order valence-corrected chi connectivity index (χ0v) is 11.0. The van der Waals surface area contributed by atoms with Crippen molar-refractivity contribution in [3.8, 4) is 0 Å². The van der Waals surface area contributed by atoms with Gasteiger partial charge in [-0.2, -0.15) is 0 Å². The number of nitro benzene ring substituents is 1. The summed E-state index contributed by atoms with van der Waals surface area (Å²) >= 11 is 0. The molecule has 0 aliphatic heterocycles. The Morgan fingerprint density at radius 1 is 1.24 bits per heavy atom. The van der Waals surface area contributed by atoms with Gasteiger partial charge in [-0.05, 0) is 36.8 Å². The van der Waals surface area contributed by atoms with Crippen LogP contribution in [0.5, 0.6) is 0 Å². The van der Waals surface area contributed by atoms with Crippen molar-refractivity contribution >= 4 is 23.0 Å². The van der Waals surface area contributed by atoms with Crippen LogP contribution >= 0.6 is 0 Å². The molecule has 0 radical (unpaired) electrons. The van der Waals surface area contributed by atoms with E-state index in [2.05, 4.69) is 5.32 Å². The fourth-order valence-corrected chi connectivity index (χ4v) is 1.81. The molecule has 0 saturated heterocycles. The number of carbonyl (C=O) groups is 1. The topological polar surface area (TPSA) is 92.5 Å². The van der Waals surface area contributed by atoms with E-state index in [-0.39, 0.29) is 22.6 Å². The molecule has 2 aromatic carbocycles. The second-order valence-corrected chi connectivity index (χ2v) is 4.40. The predicted molar refractivity (Wildman–Crippen MR) is 74.5 cm³/mol. The summed E-state index contributed by atoms with van der Waals surface area (Å²) in [7, 11) is 0. The van der Waals surface area contributed by atoms with Crippen molar-refractivity contribution in [2.24, 2.45) is 0 Å². The molecule has 2 aromatic rings. The van der Waals surface area contributed by atoms with Gasteiger partial charge in [0.2, 0.25) is 0 Å². The van der Waals surface area contributed by atoms with Gasteiger partial charge in [-0.15, -0.1) is 0 Å². The van der Waals surface area contributed by atoms with Crippen LogP contribution in [0.3, 0.4) is 0 Å². The first-order valence-electron chi connectivity index (χ1n) is 5.93. The molecular formula is C14H11FN2O4. The largest absolute Gasteiger partial charge is 0.478 e. The Morgan fingerprint density at radius 3 is 2.57 bits per heavy atom. The van der Waals surface area contributed by atoms with Gasteiger partial charge in [-0.3, -0.25) is 10.1 Å². The number of anilines is 2. The average molecular weight is 290 g/mol. The summed E-state index contributed by atoms with van der Waals surface area (Å²) in [6.45, 7) is 1.74. The normalized spacial score (nSPS) is 10.2. The van der Waals surface area contributed by atoms with Crippen LogP contribution in [0.1, 0.15) is 15.9 Å². The number of nitrogens with one attached hydrogen (secondary N) is 1. The zero-order valence-electron chi connectivity index (χ0n) is 11.0. The lowest BCUT2D eigenvalue weighted by molar-refractivity contribution is -0.383. The van der Waals surface area contributed by atoms with E-state index in [9.17, 15) is 19.3 Å². The van der Waals surface area contributed by atoms with Crippen LogP contribution in [0.4, 0.5) is 21.5 Å². The summed E-state index contributed by atoms with van der Waals surface area (Å²) in [6.07, 6.45) is 0. The molecule has 0 atom stereocenters. The Hall–Kier alpha value is -2.96. The molecule has 0 bridgehead atoms. The third-order valence-corrected chi connectivity index (χ3v) is 2.83. The molecule has 0 amide bonds. The molecule has 0 aliphatic carbocycles. The van der Waals surface area contributed by atoms with Crippen molar-refractivity contribution in [2.45, 2.75) is 6.92 Å². The minimum atomic E-state index is -1.22. The lowest BCUT2D eigenvalue weighted by Crippen LogP contribution is -2.03.